The van der Waals surface area contributed by atoms with Gasteiger partial charge in [0.15, 0.2) is 0 Å². The summed E-state index contributed by atoms with van der Waals surface area (Å²) in [6, 6.07) is 10.3. The Morgan fingerprint density at radius 3 is 2.54 bits per heavy atom. The Kier molecular flexibility index (Phi) is 6.66. The van der Waals surface area contributed by atoms with E-state index in [2.05, 4.69) is 15.5 Å². The van der Waals surface area contributed by atoms with Crippen molar-refractivity contribution in [3.63, 3.8) is 0 Å². The minimum Gasteiger partial charge on any atom is -0.342 e. The molecule has 1 saturated carbocycles. The van der Waals surface area contributed by atoms with Crippen LogP contribution in [-0.4, -0.2) is 44.1 Å². The summed E-state index contributed by atoms with van der Waals surface area (Å²) < 4.78 is 1.94. The van der Waals surface area contributed by atoms with Crippen molar-refractivity contribution in [1.29, 1.82) is 0 Å². The van der Waals surface area contributed by atoms with Crippen LogP contribution in [0.15, 0.2) is 35.5 Å². The lowest BCUT2D eigenvalue weighted by Crippen LogP contribution is -2.34. The lowest BCUT2D eigenvalue weighted by molar-refractivity contribution is -0.130. The summed E-state index contributed by atoms with van der Waals surface area (Å²) in [6.45, 7) is 5.43. The van der Waals surface area contributed by atoms with E-state index < -0.39 is 0 Å². The van der Waals surface area contributed by atoms with Crippen LogP contribution in [0, 0.1) is 0 Å². The fraction of sp³-hybridized carbons (Fsp3) is 0.579. The number of hydrogen-bond donors (Lipinski definition) is 0. The van der Waals surface area contributed by atoms with Gasteiger partial charge in [0.25, 0.3) is 0 Å². The number of thioether (sulfide) groups is 1. The van der Waals surface area contributed by atoms with Gasteiger partial charge in [-0.1, -0.05) is 61.4 Å². The van der Waals surface area contributed by atoms with Crippen LogP contribution in [0.1, 0.15) is 62.8 Å². The van der Waals surface area contributed by atoms with E-state index in [-0.39, 0.29) is 11.2 Å². The van der Waals surface area contributed by atoms with Crippen LogP contribution in [0.3, 0.4) is 0 Å². The molecule has 1 unspecified atom stereocenters. The largest absolute Gasteiger partial charge is 0.342 e. The molecule has 1 aliphatic rings. The van der Waals surface area contributed by atoms with Crippen LogP contribution in [0.5, 0.6) is 0 Å². The monoisotopic (exact) mass is 373 g/mol. The number of carbonyl (C=O) groups excluding carboxylic acids is 1. The third kappa shape index (κ3) is 4.26. The van der Waals surface area contributed by atoms with Crippen molar-refractivity contribution < 1.29 is 4.79 Å². The Balaban J connectivity index is 1.87. The number of likely N-dealkylation sites (N-methyl/N-ethyl adjacent to an activating group) is 1. The second-order valence-corrected chi connectivity index (χ2v) is 7.69. The van der Waals surface area contributed by atoms with E-state index in [4.69, 9.17) is 0 Å². The zero-order valence-corrected chi connectivity index (χ0v) is 16.4. The number of benzene rings is 1. The van der Waals surface area contributed by atoms with Gasteiger partial charge >= 0.3 is 0 Å². The molecule has 1 fully saturated rings. The molecule has 0 radical (unpaired) electrons. The molecule has 1 aliphatic carbocycles. The number of nitrogens with zero attached hydrogens (tertiary/aromatic N) is 5. The van der Waals surface area contributed by atoms with Crippen molar-refractivity contribution >= 4 is 17.7 Å². The van der Waals surface area contributed by atoms with Crippen LogP contribution >= 0.6 is 11.8 Å². The van der Waals surface area contributed by atoms with Gasteiger partial charge in [0.2, 0.25) is 11.1 Å². The van der Waals surface area contributed by atoms with Crippen LogP contribution < -0.4 is 0 Å². The Morgan fingerprint density at radius 1 is 1.19 bits per heavy atom. The lowest BCUT2D eigenvalue weighted by atomic mass is 9.96. The normalized spacial score (nSPS) is 16.4. The molecule has 7 heteroatoms. The predicted octanol–water partition coefficient (Wildman–Crippen LogP) is 3.88. The number of tetrazole rings is 1. The molecule has 0 bridgehead atoms. The van der Waals surface area contributed by atoms with Gasteiger partial charge in [-0.05, 0) is 42.7 Å². The van der Waals surface area contributed by atoms with E-state index in [1.165, 1.54) is 31.0 Å². The molecule has 1 aromatic heterocycles. The molecular formula is C19H27N5OS. The summed E-state index contributed by atoms with van der Waals surface area (Å²) in [5.74, 6) is 0.115. The van der Waals surface area contributed by atoms with E-state index in [9.17, 15) is 4.79 Å². The van der Waals surface area contributed by atoms with Gasteiger partial charge in [-0.2, -0.15) is 0 Å². The smallest absolute Gasteiger partial charge is 0.240 e. The molecule has 0 aliphatic heterocycles. The number of rotatable bonds is 7. The van der Waals surface area contributed by atoms with Gasteiger partial charge in [0.05, 0.1) is 6.04 Å². The SMILES string of the molecule is CCN(CC)C(=O)C(Sc1nnnn1C1CCCCC1)c1ccccc1. The van der Waals surface area contributed by atoms with Gasteiger partial charge in [-0.15, -0.1) is 5.10 Å². The summed E-state index contributed by atoms with van der Waals surface area (Å²) in [5, 5.41) is 12.8. The fourth-order valence-corrected chi connectivity index (χ4v) is 4.64. The number of amides is 1. The molecule has 0 saturated heterocycles. The van der Waals surface area contributed by atoms with Gasteiger partial charge in [-0.25, -0.2) is 4.68 Å². The highest BCUT2D eigenvalue weighted by Crippen LogP contribution is 2.38. The first-order chi connectivity index (χ1) is 12.7. The van der Waals surface area contributed by atoms with E-state index in [0.29, 0.717) is 19.1 Å². The summed E-state index contributed by atoms with van der Waals surface area (Å²) in [7, 11) is 0. The quantitative estimate of drug-likeness (QED) is 0.689. The second kappa shape index (κ2) is 9.16. The van der Waals surface area contributed by atoms with Gasteiger partial charge in [-0.3, -0.25) is 4.79 Å². The molecule has 2 aromatic rings. The third-order valence-corrected chi connectivity index (χ3v) is 6.20. The highest BCUT2D eigenvalue weighted by atomic mass is 32.2. The van der Waals surface area contributed by atoms with E-state index >= 15 is 0 Å². The minimum absolute atomic E-state index is 0.115. The first-order valence-electron chi connectivity index (χ1n) is 9.52. The van der Waals surface area contributed by atoms with Crippen LogP contribution in [0.4, 0.5) is 0 Å². The van der Waals surface area contributed by atoms with Crippen LogP contribution in [0.2, 0.25) is 0 Å². The van der Waals surface area contributed by atoms with Crippen molar-refractivity contribution in [2.24, 2.45) is 0 Å². The fourth-order valence-electron chi connectivity index (χ4n) is 3.51. The molecule has 6 nitrogen and oxygen atoms in total. The topological polar surface area (TPSA) is 63.9 Å². The van der Waals surface area contributed by atoms with Gasteiger partial charge < -0.3 is 4.90 Å². The van der Waals surface area contributed by atoms with Crippen molar-refractivity contribution in [2.45, 2.75) is 62.4 Å². The number of carbonyl (C=O) groups is 1. The molecule has 1 amide bonds. The first-order valence-corrected chi connectivity index (χ1v) is 10.4. The molecule has 0 N–H and O–H groups in total. The first kappa shape index (κ1) is 18.9. The van der Waals surface area contributed by atoms with Crippen molar-refractivity contribution in [1.82, 2.24) is 25.1 Å². The van der Waals surface area contributed by atoms with E-state index in [1.54, 1.807) is 0 Å². The predicted molar refractivity (Wildman–Crippen MR) is 103 cm³/mol. The Labute approximate surface area is 159 Å². The molecule has 26 heavy (non-hydrogen) atoms. The molecule has 1 heterocycles. The molecule has 140 valence electrons. The maximum absolute atomic E-state index is 13.1. The maximum atomic E-state index is 13.1. The lowest BCUT2D eigenvalue weighted by Gasteiger charge is -2.26. The average molecular weight is 374 g/mol. The molecule has 3 rings (SSSR count). The van der Waals surface area contributed by atoms with E-state index in [1.807, 2.05) is 53.8 Å². The minimum atomic E-state index is -0.329. The Morgan fingerprint density at radius 2 is 1.88 bits per heavy atom. The van der Waals surface area contributed by atoms with Crippen LogP contribution in [-0.2, 0) is 4.79 Å². The maximum Gasteiger partial charge on any atom is 0.240 e. The number of aromatic nitrogens is 4. The van der Waals surface area contributed by atoms with Crippen molar-refractivity contribution in [2.75, 3.05) is 13.1 Å². The molecule has 1 atom stereocenters. The highest BCUT2D eigenvalue weighted by Gasteiger charge is 2.29. The van der Waals surface area contributed by atoms with E-state index in [0.717, 1.165) is 23.6 Å². The Bertz CT molecular complexity index is 695. The summed E-state index contributed by atoms with van der Waals surface area (Å²) in [6.07, 6.45) is 5.94. The van der Waals surface area contributed by atoms with Crippen molar-refractivity contribution in [3.05, 3.63) is 35.9 Å². The second-order valence-electron chi connectivity index (χ2n) is 6.62. The molecular weight excluding hydrogens is 346 g/mol. The summed E-state index contributed by atoms with van der Waals surface area (Å²) >= 11 is 1.47. The van der Waals surface area contributed by atoms with Gasteiger partial charge in [0.1, 0.15) is 5.25 Å². The number of hydrogen-bond acceptors (Lipinski definition) is 5. The Hall–Kier alpha value is -1.89. The van der Waals surface area contributed by atoms with Gasteiger partial charge in [0, 0.05) is 13.1 Å². The standard InChI is InChI=1S/C19H27N5OS/c1-3-23(4-2)18(25)17(15-11-7-5-8-12-15)26-19-20-21-22-24(19)16-13-9-6-10-14-16/h5,7-8,11-12,16-17H,3-4,6,9-10,13-14H2,1-2H3. The zero-order chi connectivity index (χ0) is 18.4. The highest BCUT2D eigenvalue weighted by molar-refractivity contribution is 8.00. The molecule has 0 spiro atoms. The van der Waals surface area contributed by atoms with Crippen LogP contribution in [0.25, 0.3) is 0 Å². The molecule has 1 aromatic carbocycles. The zero-order valence-electron chi connectivity index (χ0n) is 15.5. The summed E-state index contributed by atoms with van der Waals surface area (Å²) in [5.41, 5.74) is 0.993. The van der Waals surface area contributed by atoms with Crippen molar-refractivity contribution in [3.8, 4) is 0 Å². The average Bonchev–Trinajstić information content (AvgIpc) is 3.16. The summed E-state index contributed by atoms with van der Waals surface area (Å²) in [4.78, 5) is 15.0. The third-order valence-electron chi connectivity index (χ3n) is 5.01.